The minimum atomic E-state index is 0.0172. The molecule has 0 radical (unpaired) electrons. The number of nitrogens with zero attached hydrogens (tertiary/aromatic N) is 3. The van der Waals surface area contributed by atoms with Gasteiger partial charge in [-0.15, -0.1) is 11.3 Å². The molecule has 0 aliphatic carbocycles. The zero-order chi connectivity index (χ0) is 17.8. The molecule has 0 bridgehead atoms. The highest BCUT2D eigenvalue weighted by molar-refractivity contribution is 7.99. The highest BCUT2D eigenvalue weighted by Crippen LogP contribution is 2.25. The summed E-state index contributed by atoms with van der Waals surface area (Å²) in [4.78, 5) is 23.2. The van der Waals surface area contributed by atoms with E-state index in [2.05, 4.69) is 20.2 Å². The number of nitrogens with one attached hydrogen (secondary N) is 1. The minimum Gasteiger partial charge on any atom is -0.431 e. The lowest BCUT2D eigenvalue weighted by molar-refractivity contribution is -0.118. The number of benzene rings is 1. The average Bonchev–Trinajstić information content (AvgIpc) is 3.34. The Morgan fingerprint density at radius 1 is 1.42 bits per heavy atom. The molecule has 1 aromatic carbocycles. The number of para-hydroxylation sites is 2. The number of amides is 1. The number of thiazole rings is 1. The van der Waals surface area contributed by atoms with E-state index in [1.54, 1.807) is 11.3 Å². The van der Waals surface area contributed by atoms with Crippen molar-refractivity contribution in [2.45, 2.75) is 18.1 Å². The molecular weight excluding hydrogens is 368 g/mol. The number of piperidine rings is 1. The SMILES string of the molecule is O=C(CSc1nc2ccccc2o1)NCC1CCCN(c2nccs2)C1. The van der Waals surface area contributed by atoms with Crippen LogP contribution < -0.4 is 10.2 Å². The Bertz CT molecular complexity index is 832. The summed E-state index contributed by atoms with van der Waals surface area (Å²) in [6, 6.07) is 7.61. The van der Waals surface area contributed by atoms with Crippen LogP contribution in [0, 0.1) is 5.92 Å². The highest BCUT2D eigenvalue weighted by Gasteiger charge is 2.22. The topological polar surface area (TPSA) is 71.3 Å². The molecule has 136 valence electrons. The minimum absolute atomic E-state index is 0.0172. The fourth-order valence-corrected chi connectivity index (χ4v) is 4.48. The lowest BCUT2D eigenvalue weighted by Crippen LogP contribution is -2.41. The van der Waals surface area contributed by atoms with Crippen molar-refractivity contribution >= 4 is 45.2 Å². The van der Waals surface area contributed by atoms with Crippen molar-refractivity contribution in [2.75, 3.05) is 30.3 Å². The van der Waals surface area contributed by atoms with Gasteiger partial charge in [0.25, 0.3) is 5.22 Å². The lowest BCUT2D eigenvalue weighted by Gasteiger charge is -2.32. The first kappa shape index (κ1) is 17.4. The van der Waals surface area contributed by atoms with Gasteiger partial charge in [-0.3, -0.25) is 4.79 Å². The summed E-state index contributed by atoms with van der Waals surface area (Å²) in [7, 11) is 0. The van der Waals surface area contributed by atoms with E-state index in [4.69, 9.17) is 4.42 Å². The van der Waals surface area contributed by atoms with Crippen LogP contribution in [0.2, 0.25) is 0 Å². The molecule has 2 aromatic heterocycles. The van der Waals surface area contributed by atoms with E-state index in [-0.39, 0.29) is 5.91 Å². The van der Waals surface area contributed by atoms with Gasteiger partial charge in [0.05, 0.1) is 5.75 Å². The quantitative estimate of drug-likeness (QED) is 0.653. The molecule has 1 aliphatic rings. The van der Waals surface area contributed by atoms with E-state index in [1.807, 2.05) is 35.8 Å². The molecule has 6 nitrogen and oxygen atoms in total. The second kappa shape index (κ2) is 8.09. The van der Waals surface area contributed by atoms with Gasteiger partial charge in [-0.1, -0.05) is 23.9 Å². The van der Waals surface area contributed by atoms with Crippen molar-refractivity contribution < 1.29 is 9.21 Å². The number of oxazole rings is 1. The van der Waals surface area contributed by atoms with E-state index in [0.29, 0.717) is 23.4 Å². The number of carbonyl (C=O) groups excluding carboxylic acids is 1. The van der Waals surface area contributed by atoms with Gasteiger partial charge in [0.15, 0.2) is 10.7 Å². The van der Waals surface area contributed by atoms with Crippen LogP contribution in [0.15, 0.2) is 45.5 Å². The van der Waals surface area contributed by atoms with Crippen LogP contribution in [-0.4, -0.2) is 41.3 Å². The van der Waals surface area contributed by atoms with Crippen LogP contribution in [0.1, 0.15) is 12.8 Å². The molecule has 26 heavy (non-hydrogen) atoms. The van der Waals surface area contributed by atoms with Crippen molar-refractivity contribution in [3.63, 3.8) is 0 Å². The lowest BCUT2D eigenvalue weighted by atomic mass is 9.98. The fourth-order valence-electron chi connectivity index (χ4n) is 3.13. The number of fused-ring (bicyclic) bond motifs is 1. The number of hydrogen-bond acceptors (Lipinski definition) is 7. The molecule has 1 N–H and O–H groups in total. The average molecular weight is 389 g/mol. The third-order valence-corrected chi connectivity index (χ3v) is 6.06. The molecule has 1 amide bonds. The van der Waals surface area contributed by atoms with Gasteiger partial charge in [-0.2, -0.15) is 0 Å². The Hall–Kier alpha value is -2.06. The number of aromatic nitrogens is 2. The van der Waals surface area contributed by atoms with Crippen molar-refractivity contribution in [2.24, 2.45) is 5.92 Å². The molecule has 1 fully saturated rings. The Balaban J connectivity index is 1.23. The van der Waals surface area contributed by atoms with Gasteiger partial charge in [-0.25, -0.2) is 9.97 Å². The van der Waals surface area contributed by atoms with E-state index in [9.17, 15) is 4.79 Å². The van der Waals surface area contributed by atoms with Crippen LogP contribution in [0.5, 0.6) is 0 Å². The first-order valence-electron chi connectivity index (χ1n) is 8.67. The largest absolute Gasteiger partial charge is 0.431 e. The normalized spacial score (nSPS) is 17.5. The third-order valence-electron chi connectivity index (χ3n) is 4.40. The Morgan fingerprint density at radius 2 is 2.35 bits per heavy atom. The fraction of sp³-hybridized carbons (Fsp3) is 0.389. The molecule has 1 saturated heterocycles. The summed E-state index contributed by atoms with van der Waals surface area (Å²) in [5, 5.41) is 6.67. The van der Waals surface area contributed by atoms with Crippen LogP contribution in [-0.2, 0) is 4.79 Å². The molecule has 1 unspecified atom stereocenters. The molecule has 1 aliphatic heterocycles. The van der Waals surface area contributed by atoms with Gasteiger partial charge in [0, 0.05) is 31.2 Å². The zero-order valence-electron chi connectivity index (χ0n) is 14.3. The molecule has 3 aromatic rings. The molecule has 1 atom stereocenters. The third kappa shape index (κ3) is 4.19. The van der Waals surface area contributed by atoms with E-state index in [0.717, 1.165) is 42.2 Å². The van der Waals surface area contributed by atoms with Gasteiger partial charge >= 0.3 is 0 Å². The summed E-state index contributed by atoms with van der Waals surface area (Å²) >= 11 is 3.00. The molecule has 0 saturated carbocycles. The monoisotopic (exact) mass is 388 g/mol. The summed E-state index contributed by atoms with van der Waals surface area (Å²) in [5.41, 5.74) is 1.57. The predicted molar refractivity (Wildman–Crippen MR) is 105 cm³/mol. The Morgan fingerprint density at radius 3 is 3.19 bits per heavy atom. The van der Waals surface area contributed by atoms with Crippen molar-refractivity contribution in [1.29, 1.82) is 0 Å². The molecule has 0 spiro atoms. The van der Waals surface area contributed by atoms with Gasteiger partial charge in [-0.05, 0) is 30.9 Å². The van der Waals surface area contributed by atoms with Crippen LogP contribution >= 0.6 is 23.1 Å². The van der Waals surface area contributed by atoms with Gasteiger partial charge in [0.2, 0.25) is 5.91 Å². The first-order valence-corrected chi connectivity index (χ1v) is 10.5. The first-order chi connectivity index (χ1) is 12.8. The van der Waals surface area contributed by atoms with Gasteiger partial charge in [0.1, 0.15) is 5.52 Å². The maximum atomic E-state index is 12.2. The second-order valence-electron chi connectivity index (χ2n) is 6.31. The van der Waals surface area contributed by atoms with Crippen molar-refractivity contribution in [1.82, 2.24) is 15.3 Å². The maximum Gasteiger partial charge on any atom is 0.257 e. The Kier molecular flexibility index (Phi) is 5.40. The number of anilines is 1. The van der Waals surface area contributed by atoms with E-state index < -0.39 is 0 Å². The van der Waals surface area contributed by atoms with Crippen molar-refractivity contribution in [3.8, 4) is 0 Å². The number of rotatable bonds is 6. The summed E-state index contributed by atoms with van der Waals surface area (Å²) in [6.45, 7) is 2.70. The standard InChI is InChI=1S/C18H20N4O2S2/c23-16(12-26-18-21-14-5-1-2-6-15(14)24-18)20-10-13-4-3-8-22(11-13)17-19-7-9-25-17/h1-2,5-7,9,13H,3-4,8,10-12H2,(H,20,23). The summed E-state index contributed by atoms with van der Waals surface area (Å²) < 4.78 is 5.63. The zero-order valence-corrected chi connectivity index (χ0v) is 15.9. The number of hydrogen-bond donors (Lipinski definition) is 1. The van der Waals surface area contributed by atoms with E-state index in [1.165, 1.54) is 11.8 Å². The maximum absolute atomic E-state index is 12.2. The van der Waals surface area contributed by atoms with Crippen molar-refractivity contribution in [3.05, 3.63) is 35.8 Å². The smallest absolute Gasteiger partial charge is 0.257 e. The van der Waals surface area contributed by atoms with Crippen LogP contribution in [0.25, 0.3) is 11.1 Å². The molecular formula is C18H20N4O2S2. The second-order valence-corrected chi connectivity index (χ2v) is 8.11. The summed E-state index contributed by atoms with van der Waals surface area (Å²) in [6.07, 6.45) is 4.12. The predicted octanol–water partition coefficient (Wildman–Crippen LogP) is 3.41. The number of thioether (sulfide) groups is 1. The molecule has 3 heterocycles. The Labute approximate surface area is 160 Å². The number of carbonyl (C=O) groups is 1. The highest BCUT2D eigenvalue weighted by atomic mass is 32.2. The molecule has 4 rings (SSSR count). The van der Waals surface area contributed by atoms with Crippen LogP contribution in [0.4, 0.5) is 5.13 Å². The summed E-state index contributed by atoms with van der Waals surface area (Å²) in [5.74, 6) is 0.796. The van der Waals surface area contributed by atoms with Crippen LogP contribution in [0.3, 0.4) is 0 Å². The van der Waals surface area contributed by atoms with E-state index >= 15 is 0 Å². The van der Waals surface area contributed by atoms with Gasteiger partial charge < -0.3 is 14.6 Å². The molecule has 8 heteroatoms.